The molecule has 2 rings (SSSR count). The Morgan fingerprint density at radius 2 is 1.95 bits per heavy atom. The van der Waals surface area contributed by atoms with Crippen molar-refractivity contribution in [2.75, 3.05) is 12.8 Å². The molecule has 0 aromatic heterocycles. The molecule has 0 bridgehead atoms. The van der Waals surface area contributed by atoms with Crippen LogP contribution in [0.25, 0.3) is 0 Å². The minimum Gasteiger partial charge on any atom is -0.398 e. The highest BCUT2D eigenvalue weighted by molar-refractivity contribution is 9.10. The van der Waals surface area contributed by atoms with Crippen molar-refractivity contribution in [2.45, 2.75) is 13.0 Å². The number of rotatable bonds is 3. The van der Waals surface area contributed by atoms with Gasteiger partial charge in [-0.25, -0.2) is 4.39 Å². The highest BCUT2D eigenvalue weighted by atomic mass is 79.9. The van der Waals surface area contributed by atoms with Crippen LogP contribution in [0.3, 0.4) is 0 Å². The Labute approximate surface area is 131 Å². The quantitative estimate of drug-likeness (QED) is 0.850. The molecule has 0 radical (unpaired) electrons. The number of hydrogen-bond acceptors (Lipinski definition) is 2. The Balaban J connectivity index is 2.29. The van der Waals surface area contributed by atoms with Crippen LogP contribution < -0.4 is 5.73 Å². The van der Waals surface area contributed by atoms with Gasteiger partial charge in [-0.2, -0.15) is 0 Å². The van der Waals surface area contributed by atoms with Crippen molar-refractivity contribution < 1.29 is 9.18 Å². The van der Waals surface area contributed by atoms with Crippen LogP contribution in [0, 0.1) is 5.82 Å². The molecule has 110 valence electrons. The van der Waals surface area contributed by atoms with Crippen LogP contribution in [0.1, 0.15) is 28.9 Å². The Morgan fingerprint density at radius 3 is 2.57 bits per heavy atom. The third-order valence-corrected chi connectivity index (χ3v) is 3.99. The highest BCUT2D eigenvalue weighted by Gasteiger charge is 2.22. The zero-order valence-corrected chi connectivity index (χ0v) is 13.4. The van der Waals surface area contributed by atoms with E-state index >= 15 is 0 Å². The average molecular weight is 351 g/mol. The molecule has 3 nitrogen and oxygen atoms in total. The van der Waals surface area contributed by atoms with Crippen LogP contribution in [0.4, 0.5) is 10.1 Å². The summed E-state index contributed by atoms with van der Waals surface area (Å²) in [6.45, 7) is 1.78. The van der Waals surface area contributed by atoms with Gasteiger partial charge in [-0.1, -0.05) is 34.1 Å². The third kappa shape index (κ3) is 3.24. The van der Waals surface area contributed by atoms with Gasteiger partial charge in [0.05, 0.1) is 11.6 Å². The van der Waals surface area contributed by atoms with Gasteiger partial charge in [-0.05, 0) is 31.2 Å². The van der Waals surface area contributed by atoms with E-state index in [1.54, 1.807) is 50.4 Å². The molecule has 2 aromatic rings. The van der Waals surface area contributed by atoms with Gasteiger partial charge in [0.15, 0.2) is 0 Å². The van der Waals surface area contributed by atoms with E-state index in [2.05, 4.69) is 15.9 Å². The first-order valence-electron chi connectivity index (χ1n) is 6.48. The monoisotopic (exact) mass is 350 g/mol. The van der Waals surface area contributed by atoms with Crippen LogP contribution in [-0.4, -0.2) is 17.9 Å². The number of carbonyl (C=O) groups is 1. The van der Waals surface area contributed by atoms with Gasteiger partial charge in [0, 0.05) is 22.8 Å². The zero-order chi connectivity index (χ0) is 15.6. The molecule has 1 atom stereocenters. The number of amides is 1. The van der Waals surface area contributed by atoms with Gasteiger partial charge in [0.25, 0.3) is 5.91 Å². The van der Waals surface area contributed by atoms with Crippen LogP contribution in [0.2, 0.25) is 0 Å². The smallest absolute Gasteiger partial charge is 0.256 e. The molecule has 0 aliphatic heterocycles. The Bertz CT molecular complexity index is 675. The third-order valence-electron chi connectivity index (χ3n) is 3.50. The standard InChI is InChI=1S/C16H16BrFN2O/c1-10(12-5-3-4-6-14(12)18)20(2)16(21)13-8-7-11(17)9-15(13)19/h3-10H,19H2,1-2H3. The first-order valence-corrected chi connectivity index (χ1v) is 7.27. The molecule has 21 heavy (non-hydrogen) atoms. The van der Waals surface area contributed by atoms with Crippen molar-refractivity contribution in [1.82, 2.24) is 4.90 Å². The fraction of sp³-hybridized carbons (Fsp3) is 0.188. The number of anilines is 1. The van der Waals surface area contributed by atoms with Gasteiger partial charge in [0.2, 0.25) is 0 Å². The van der Waals surface area contributed by atoms with Crippen LogP contribution >= 0.6 is 15.9 Å². The largest absolute Gasteiger partial charge is 0.398 e. The molecule has 0 saturated carbocycles. The molecule has 1 amide bonds. The van der Waals surface area contributed by atoms with Gasteiger partial charge < -0.3 is 10.6 Å². The first kappa shape index (κ1) is 15.5. The minimum absolute atomic E-state index is 0.240. The molecular weight excluding hydrogens is 335 g/mol. The van der Waals surface area contributed by atoms with E-state index < -0.39 is 0 Å². The van der Waals surface area contributed by atoms with Crippen LogP contribution in [-0.2, 0) is 0 Å². The lowest BCUT2D eigenvalue weighted by atomic mass is 10.1. The van der Waals surface area contributed by atoms with E-state index in [4.69, 9.17) is 5.73 Å². The predicted octanol–water partition coefficient (Wildman–Crippen LogP) is 4.00. The normalized spacial score (nSPS) is 12.0. The number of nitrogen functional groups attached to an aromatic ring is 1. The van der Waals surface area contributed by atoms with Crippen molar-refractivity contribution in [3.8, 4) is 0 Å². The van der Waals surface area contributed by atoms with Gasteiger partial charge >= 0.3 is 0 Å². The van der Waals surface area contributed by atoms with Gasteiger partial charge in [0.1, 0.15) is 5.82 Å². The summed E-state index contributed by atoms with van der Waals surface area (Å²) < 4.78 is 14.6. The maximum absolute atomic E-state index is 13.8. The summed E-state index contributed by atoms with van der Waals surface area (Å²) in [5.74, 6) is -0.566. The second-order valence-electron chi connectivity index (χ2n) is 4.85. The summed E-state index contributed by atoms with van der Waals surface area (Å²) in [6, 6.07) is 11.1. The summed E-state index contributed by atoms with van der Waals surface area (Å²) in [6.07, 6.45) is 0. The number of nitrogens with zero attached hydrogens (tertiary/aromatic N) is 1. The molecule has 1 unspecified atom stereocenters. The second kappa shape index (κ2) is 6.26. The fourth-order valence-electron chi connectivity index (χ4n) is 2.12. The first-order chi connectivity index (χ1) is 9.91. The van der Waals surface area contributed by atoms with E-state index in [0.717, 1.165) is 4.47 Å². The van der Waals surface area contributed by atoms with Crippen molar-refractivity contribution in [1.29, 1.82) is 0 Å². The summed E-state index contributed by atoms with van der Waals surface area (Å²) >= 11 is 3.30. The Morgan fingerprint density at radius 1 is 1.29 bits per heavy atom. The lowest BCUT2D eigenvalue weighted by Gasteiger charge is -2.26. The Kier molecular flexibility index (Phi) is 4.63. The Hall–Kier alpha value is -1.88. The lowest BCUT2D eigenvalue weighted by molar-refractivity contribution is 0.0741. The molecule has 5 heteroatoms. The fourth-order valence-corrected chi connectivity index (χ4v) is 2.50. The molecule has 2 aromatic carbocycles. The molecule has 0 saturated heterocycles. The molecular formula is C16H16BrFN2O. The van der Waals surface area contributed by atoms with E-state index in [0.29, 0.717) is 16.8 Å². The number of benzene rings is 2. The molecule has 0 aliphatic carbocycles. The van der Waals surface area contributed by atoms with Gasteiger partial charge in [-0.3, -0.25) is 4.79 Å². The van der Waals surface area contributed by atoms with Crippen LogP contribution in [0.5, 0.6) is 0 Å². The molecule has 0 heterocycles. The molecule has 0 aliphatic rings. The van der Waals surface area contributed by atoms with Crippen molar-refractivity contribution in [2.24, 2.45) is 0 Å². The van der Waals surface area contributed by atoms with E-state index in [-0.39, 0.29) is 17.8 Å². The van der Waals surface area contributed by atoms with Crippen molar-refractivity contribution in [3.63, 3.8) is 0 Å². The summed E-state index contributed by atoms with van der Waals surface area (Å²) in [4.78, 5) is 14.0. The van der Waals surface area contributed by atoms with Crippen molar-refractivity contribution >= 4 is 27.5 Å². The van der Waals surface area contributed by atoms with Crippen molar-refractivity contribution in [3.05, 3.63) is 63.9 Å². The number of hydrogen-bond donors (Lipinski definition) is 1. The van der Waals surface area contributed by atoms with Crippen LogP contribution in [0.15, 0.2) is 46.9 Å². The summed E-state index contributed by atoms with van der Waals surface area (Å²) in [5, 5.41) is 0. The van der Waals surface area contributed by atoms with E-state index in [1.807, 2.05) is 0 Å². The highest BCUT2D eigenvalue weighted by Crippen LogP contribution is 2.26. The number of nitrogens with two attached hydrogens (primary N) is 1. The van der Waals surface area contributed by atoms with Gasteiger partial charge in [-0.15, -0.1) is 0 Å². The number of halogens is 2. The van der Waals surface area contributed by atoms with E-state index in [9.17, 15) is 9.18 Å². The maximum Gasteiger partial charge on any atom is 0.256 e. The molecule has 0 spiro atoms. The minimum atomic E-state index is -0.387. The SMILES string of the molecule is CC(c1ccccc1F)N(C)C(=O)c1ccc(Br)cc1N. The topological polar surface area (TPSA) is 46.3 Å². The molecule has 0 fully saturated rings. The predicted molar refractivity (Wildman–Crippen MR) is 85.5 cm³/mol. The zero-order valence-electron chi connectivity index (χ0n) is 11.8. The maximum atomic E-state index is 13.8. The number of carbonyl (C=O) groups excluding carboxylic acids is 1. The molecule has 2 N–H and O–H groups in total. The lowest BCUT2D eigenvalue weighted by Crippen LogP contribution is -2.30. The summed E-state index contributed by atoms with van der Waals surface area (Å²) in [7, 11) is 1.64. The van der Waals surface area contributed by atoms with E-state index in [1.165, 1.54) is 11.0 Å². The average Bonchev–Trinajstić information content (AvgIpc) is 2.45. The second-order valence-corrected chi connectivity index (χ2v) is 5.76. The summed E-state index contributed by atoms with van der Waals surface area (Å²) in [5.41, 5.74) is 7.15.